The van der Waals surface area contributed by atoms with Gasteiger partial charge in [0.25, 0.3) is 5.91 Å². The Labute approximate surface area is 116 Å². The molecule has 2 heterocycles. The van der Waals surface area contributed by atoms with E-state index in [1.54, 1.807) is 13.8 Å². The molecule has 2 fully saturated rings. The van der Waals surface area contributed by atoms with Crippen molar-refractivity contribution in [2.45, 2.75) is 37.8 Å². The number of nitrogens with zero attached hydrogens (tertiary/aromatic N) is 3. The Hall–Kier alpha value is -0.650. The van der Waals surface area contributed by atoms with Gasteiger partial charge in [0.05, 0.1) is 0 Å². The summed E-state index contributed by atoms with van der Waals surface area (Å²) in [5.74, 6) is -0.144. The number of carbonyl (C=O) groups is 1. The quantitative estimate of drug-likeness (QED) is 0.728. The molecule has 1 amide bonds. The summed E-state index contributed by atoms with van der Waals surface area (Å²) in [6, 6.07) is 0. The number of likely N-dealkylation sites (tertiary alicyclic amines) is 1. The van der Waals surface area contributed by atoms with Crippen LogP contribution >= 0.6 is 0 Å². The van der Waals surface area contributed by atoms with E-state index in [0.717, 1.165) is 45.6 Å². The molecule has 0 aromatic carbocycles. The molecule has 0 aromatic rings. The molecule has 110 valence electrons. The Bertz CT molecular complexity index is 343. The maximum atomic E-state index is 12.1. The second-order valence-corrected chi connectivity index (χ2v) is 6.73. The number of amides is 1. The highest BCUT2D eigenvalue weighted by Crippen LogP contribution is 2.31. The summed E-state index contributed by atoms with van der Waals surface area (Å²) in [4.78, 5) is 18.7. The molecule has 0 radical (unpaired) electrons. The summed E-state index contributed by atoms with van der Waals surface area (Å²) in [6.07, 6.45) is 1.99. The highest BCUT2D eigenvalue weighted by atomic mass is 16.3. The zero-order valence-electron chi connectivity index (χ0n) is 12.6. The van der Waals surface area contributed by atoms with Gasteiger partial charge in [0.15, 0.2) is 0 Å². The lowest BCUT2D eigenvalue weighted by atomic mass is 9.83. The standard InChI is InChI=1S/C14H27N3O2/c1-13(2,19)12(18)17-7-5-14(6-8-17)11-15(3)9-10-16(14)4/h19H,5-11H2,1-4H3. The summed E-state index contributed by atoms with van der Waals surface area (Å²) < 4.78 is 0. The molecule has 0 atom stereocenters. The largest absolute Gasteiger partial charge is 0.381 e. The van der Waals surface area contributed by atoms with E-state index in [9.17, 15) is 9.90 Å². The number of piperidine rings is 1. The van der Waals surface area contributed by atoms with Crippen molar-refractivity contribution < 1.29 is 9.90 Å². The van der Waals surface area contributed by atoms with E-state index in [-0.39, 0.29) is 11.4 Å². The van der Waals surface area contributed by atoms with E-state index in [2.05, 4.69) is 23.9 Å². The minimum Gasteiger partial charge on any atom is -0.381 e. The lowest BCUT2D eigenvalue weighted by molar-refractivity contribution is -0.151. The van der Waals surface area contributed by atoms with Crippen LogP contribution in [-0.2, 0) is 4.79 Å². The first-order chi connectivity index (χ1) is 8.74. The van der Waals surface area contributed by atoms with Crippen LogP contribution in [0.15, 0.2) is 0 Å². The van der Waals surface area contributed by atoms with E-state index in [4.69, 9.17) is 0 Å². The topological polar surface area (TPSA) is 47.0 Å². The van der Waals surface area contributed by atoms with E-state index in [0.29, 0.717) is 0 Å². The Balaban J connectivity index is 2.00. The van der Waals surface area contributed by atoms with Crippen molar-refractivity contribution in [1.82, 2.24) is 14.7 Å². The van der Waals surface area contributed by atoms with Crippen LogP contribution in [-0.4, -0.2) is 83.7 Å². The third-order valence-electron chi connectivity index (χ3n) is 4.70. The number of carbonyl (C=O) groups excluding carboxylic acids is 1. The van der Waals surface area contributed by atoms with Crippen molar-refractivity contribution in [3.8, 4) is 0 Å². The predicted octanol–water partition coefficient (Wildman–Crippen LogP) is -0.00430. The van der Waals surface area contributed by atoms with Crippen molar-refractivity contribution in [3.05, 3.63) is 0 Å². The van der Waals surface area contributed by atoms with Crippen LogP contribution in [0.4, 0.5) is 0 Å². The molecule has 5 nitrogen and oxygen atoms in total. The number of aliphatic hydroxyl groups is 1. The van der Waals surface area contributed by atoms with Crippen molar-refractivity contribution in [1.29, 1.82) is 0 Å². The molecular weight excluding hydrogens is 242 g/mol. The molecule has 0 saturated carbocycles. The first-order valence-corrected chi connectivity index (χ1v) is 7.16. The van der Waals surface area contributed by atoms with Crippen LogP contribution in [0, 0.1) is 0 Å². The first kappa shape index (κ1) is 14.8. The molecule has 2 saturated heterocycles. The monoisotopic (exact) mass is 269 g/mol. The van der Waals surface area contributed by atoms with Gasteiger partial charge in [-0.05, 0) is 40.8 Å². The fourth-order valence-electron chi connectivity index (χ4n) is 3.31. The van der Waals surface area contributed by atoms with Gasteiger partial charge in [0.2, 0.25) is 0 Å². The Morgan fingerprint density at radius 3 is 2.21 bits per heavy atom. The van der Waals surface area contributed by atoms with Crippen LogP contribution in [0.2, 0.25) is 0 Å². The highest BCUT2D eigenvalue weighted by molar-refractivity contribution is 5.84. The third kappa shape index (κ3) is 2.93. The molecule has 0 bridgehead atoms. The summed E-state index contributed by atoms with van der Waals surface area (Å²) in [6.45, 7) is 7.93. The van der Waals surface area contributed by atoms with E-state index < -0.39 is 5.60 Å². The molecule has 19 heavy (non-hydrogen) atoms. The highest BCUT2D eigenvalue weighted by Gasteiger charge is 2.43. The van der Waals surface area contributed by atoms with Crippen LogP contribution in [0.5, 0.6) is 0 Å². The van der Waals surface area contributed by atoms with E-state index in [1.165, 1.54) is 0 Å². The second-order valence-electron chi connectivity index (χ2n) is 6.73. The number of rotatable bonds is 1. The zero-order valence-corrected chi connectivity index (χ0v) is 12.6. The average molecular weight is 269 g/mol. The summed E-state index contributed by atoms with van der Waals surface area (Å²) in [7, 11) is 4.36. The molecule has 1 spiro atoms. The van der Waals surface area contributed by atoms with Crippen molar-refractivity contribution in [3.63, 3.8) is 0 Å². The molecule has 2 aliphatic rings. The molecule has 2 aliphatic heterocycles. The minimum absolute atomic E-state index is 0.144. The fourth-order valence-corrected chi connectivity index (χ4v) is 3.31. The minimum atomic E-state index is -1.25. The van der Waals surface area contributed by atoms with Crippen molar-refractivity contribution in [2.75, 3.05) is 46.8 Å². The maximum absolute atomic E-state index is 12.1. The molecule has 2 rings (SSSR count). The fraction of sp³-hybridized carbons (Fsp3) is 0.929. The van der Waals surface area contributed by atoms with Gasteiger partial charge in [-0.2, -0.15) is 0 Å². The third-order valence-corrected chi connectivity index (χ3v) is 4.70. The molecule has 5 heteroatoms. The normalized spacial score (nSPS) is 25.8. The number of piperazine rings is 1. The lowest BCUT2D eigenvalue weighted by Crippen LogP contribution is -2.64. The maximum Gasteiger partial charge on any atom is 0.253 e. The number of hydrogen-bond donors (Lipinski definition) is 1. The molecule has 1 N–H and O–H groups in total. The van der Waals surface area contributed by atoms with Crippen molar-refractivity contribution in [2.24, 2.45) is 0 Å². The van der Waals surface area contributed by atoms with Gasteiger partial charge in [-0.3, -0.25) is 9.69 Å². The van der Waals surface area contributed by atoms with Gasteiger partial charge in [0.1, 0.15) is 5.60 Å². The van der Waals surface area contributed by atoms with Crippen molar-refractivity contribution >= 4 is 5.91 Å². The Morgan fingerprint density at radius 2 is 1.68 bits per heavy atom. The number of hydrogen-bond acceptors (Lipinski definition) is 4. The summed E-state index contributed by atoms with van der Waals surface area (Å²) in [5.41, 5.74) is -1.04. The van der Waals surface area contributed by atoms with Gasteiger partial charge >= 0.3 is 0 Å². The summed E-state index contributed by atoms with van der Waals surface area (Å²) in [5, 5.41) is 9.82. The first-order valence-electron chi connectivity index (χ1n) is 7.16. The Morgan fingerprint density at radius 1 is 1.11 bits per heavy atom. The molecular formula is C14H27N3O2. The van der Waals surface area contributed by atoms with E-state index in [1.807, 2.05) is 4.90 Å². The summed E-state index contributed by atoms with van der Waals surface area (Å²) >= 11 is 0. The predicted molar refractivity (Wildman–Crippen MR) is 75.0 cm³/mol. The van der Waals surface area contributed by atoms with Crippen LogP contribution in [0.25, 0.3) is 0 Å². The second kappa shape index (κ2) is 5.04. The molecule has 0 aromatic heterocycles. The Kier molecular flexibility index (Phi) is 3.91. The number of likely N-dealkylation sites (N-methyl/N-ethyl adjacent to an activating group) is 2. The average Bonchev–Trinajstić information content (AvgIpc) is 2.33. The van der Waals surface area contributed by atoms with Crippen LogP contribution in [0.3, 0.4) is 0 Å². The smallest absolute Gasteiger partial charge is 0.253 e. The lowest BCUT2D eigenvalue weighted by Gasteiger charge is -2.52. The molecule has 0 unspecified atom stereocenters. The van der Waals surface area contributed by atoms with Gasteiger partial charge in [0, 0.05) is 38.3 Å². The van der Waals surface area contributed by atoms with Crippen LogP contribution < -0.4 is 0 Å². The SMILES string of the molecule is CN1CCN(C)C2(CCN(C(=O)C(C)(C)O)CC2)C1. The van der Waals surface area contributed by atoms with E-state index >= 15 is 0 Å². The molecule has 0 aliphatic carbocycles. The van der Waals surface area contributed by atoms with Gasteiger partial charge in [-0.15, -0.1) is 0 Å². The van der Waals surface area contributed by atoms with Gasteiger partial charge in [-0.1, -0.05) is 0 Å². The van der Waals surface area contributed by atoms with Gasteiger partial charge in [-0.25, -0.2) is 0 Å². The van der Waals surface area contributed by atoms with Crippen LogP contribution in [0.1, 0.15) is 26.7 Å². The van der Waals surface area contributed by atoms with Gasteiger partial charge < -0.3 is 14.9 Å². The zero-order chi connectivity index (χ0) is 14.3.